The molecule has 0 radical (unpaired) electrons. The maximum Gasteiger partial charge on any atom is 0.0518 e. The van der Waals surface area contributed by atoms with Gasteiger partial charge in [-0.05, 0) is 25.0 Å². The molecule has 0 spiro atoms. The quantitative estimate of drug-likeness (QED) is 0.391. The monoisotopic (exact) mass is 153 g/mol. The maximum atomic E-state index is 5.53. The lowest BCUT2D eigenvalue weighted by atomic mass is 11.5. The van der Waals surface area contributed by atoms with E-state index in [2.05, 4.69) is 37.7 Å². The molecule has 0 aliphatic carbocycles. The molecule has 8 heavy (non-hydrogen) atoms. The second-order valence-corrected chi connectivity index (χ2v) is 11.4. The van der Waals surface area contributed by atoms with Crippen molar-refractivity contribution < 1.29 is 0 Å². The van der Waals surface area contributed by atoms with Crippen LogP contribution in [0.3, 0.4) is 0 Å². The molecule has 0 saturated heterocycles. The lowest BCUT2D eigenvalue weighted by Crippen LogP contribution is -2.16. The van der Waals surface area contributed by atoms with Gasteiger partial charge in [0.1, 0.15) is 0 Å². The fraction of sp³-hybridized carbons (Fsp3) is 0.800. The number of thiol groups is 1. The summed E-state index contributed by atoms with van der Waals surface area (Å²) in [6.45, 7) is 0. The molecule has 0 amide bonds. The van der Waals surface area contributed by atoms with E-state index >= 15 is 0 Å². The van der Waals surface area contributed by atoms with E-state index in [0.29, 0.717) is 0 Å². The summed E-state index contributed by atoms with van der Waals surface area (Å²) in [5, 5.41) is 0. The summed E-state index contributed by atoms with van der Waals surface area (Å²) < 4.78 is 0.780. The first-order chi connectivity index (χ1) is 3.20. The van der Waals surface area contributed by atoms with E-state index < -0.39 is 8.75 Å². The molecule has 0 heterocycles. The molecule has 52 valence electrons. The average Bonchev–Trinajstić information content (AvgIpc) is 1.27. The topological polar surface area (TPSA) is 26.0 Å². The van der Waals surface area contributed by atoms with Crippen molar-refractivity contribution >= 4 is 25.7 Å². The second-order valence-electron chi connectivity index (χ2n) is 3.60. The van der Waals surface area contributed by atoms with Crippen LogP contribution in [0.25, 0.3) is 0 Å². The van der Waals surface area contributed by atoms with Gasteiger partial charge in [0.2, 0.25) is 0 Å². The minimum Gasteiger partial charge on any atom is -0.294 e. The van der Waals surface area contributed by atoms with Gasteiger partial charge in [-0.1, -0.05) is 0 Å². The molecule has 0 aliphatic rings. The number of hydrogen-bond acceptors (Lipinski definition) is 0. The Hall–Kier alpha value is 0.530. The molecule has 0 rings (SSSR count). The van der Waals surface area contributed by atoms with Crippen molar-refractivity contribution in [3.63, 3.8) is 0 Å². The summed E-state index contributed by atoms with van der Waals surface area (Å²) in [6, 6.07) is 0. The average molecular weight is 153 g/mol. The lowest BCUT2D eigenvalue weighted by molar-refractivity contribution is 1.87. The minimum atomic E-state index is -1.41. The molecule has 0 fully saturated rings. The van der Waals surface area contributed by atoms with E-state index in [1.807, 2.05) is 0 Å². The molecule has 1 nitrogen and oxygen atoms in total. The van der Waals surface area contributed by atoms with Gasteiger partial charge in [-0.25, -0.2) is 8.75 Å². The predicted octanol–water partition coefficient (Wildman–Crippen LogP) is 0.822. The third-order valence-corrected chi connectivity index (χ3v) is 4.70. The highest BCUT2D eigenvalue weighted by Gasteiger charge is 2.09. The standard InChI is InChI=1S/C5H15NS2/c1-8(2,3,4)5(6)7/h7H,6H2,1-4H3. The van der Waals surface area contributed by atoms with Crippen LogP contribution in [0.1, 0.15) is 0 Å². The van der Waals surface area contributed by atoms with E-state index in [9.17, 15) is 0 Å². The van der Waals surface area contributed by atoms with Crippen molar-refractivity contribution in [1.82, 2.24) is 0 Å². The summed E-state index contributed by atoms with van der Waals surface area (Å²) >= 11 is 4.11. The van der Waals surface area contributed by atoms with E-state index in [1.165, 1.54) is 0 Å². The maximum absolute atomic E-state index is 5.53. The molecular weight excluding hydrogens is 138 g/mol. The Bertz CT molecular complexity index is 136. The first kappa shape index (κ1) is 8.53. The largest absolute Gasteiger partial charge is 0.294 e. The molecule has 0 saturated carbocycles. The Labute approximate surface area is 56.9 Å². The summed E-state index contributed by atoms with van der Waals surface area (Å²) in [7, 11) is -1.41. The summed E-state index contributed by atoms with van der Waals surface area (Å²) in [5.41, 5.74) is 5.53. The summed E-state index contributed by atoms with van der Waals surface area (Å²) in [4.78, 5) is 0. The van der Waals surface area contributed by atoms with Crippen LogP contribution in [0.5, 0.6) is 0 Å². The van der Waals surface area contributed by atoms with Crippen LogP contribution in [-0.2, 0) is 0 Å². The van der Waals surface area contributed by atoms with Crippen LogP contribution in [0.15, 0.2) is 0 Å². The predicted molar refractivity (Wildman–Crippen MR) is 49.5 cm³/mol. The Morgan fingerprint density at radius 2 is 1.38 bits per heavy atom. The Kier molecular flexibility index (Phi) is 1.87. The minimum absolute atomic E-state index is 0.780. The van der Waals surface area contributed by atoms with Gasteiger partial charge < -0.3 is 0 Å². The highest BCUT2D eigenvalue weighted by molar-refractivity contribution is 8.51. The van der Waals surface area contributed by atoms with Crippen LogP contribution in [0, 0.1) is 0 Å². The molecule has 0 atom stereocenters. The molecular formula is C5H15NS2. The van der Waals surface area contributed by atoms with Gasteiger partial charge in [0.25, 0.3) is 0 Å². The SMILES string of the molecule is CS(C)(C)(C)=C(N)S. The van der Waals surface area contributed by atoms with Crippen molar-refractivity contribution in [2.45, 2.75) is 0 Å². The first-order valence-electron chi connectivity index (χ1n) is 2.35. The van der Waals surface area contributed by atoms with E-state index in [1.54, 1.807) is 0 Å². The summed E-state index contributed by atoms with van der Waals surface area (Å²) in [6.07, 6.45) is 8.61. The highest BCUT2D eigenvalue weighted by atomic mass is 32.3. The smallest absolute Gasteiger partial charge is 0.0518 e. The molecule has 0 bridgehead atoms. The van der Waals surface area contributed by atoms with Gasteiger partial charge in [0.05, 0.1) is 4.32 Å². The third-order valence-electron chi connectivity index (χ3n) is 0.837. The summed E-state index contributed by atoms with van der Waals surface area (Å²) in [5.74, 6) is 0. The van der Waals surface area contributed by atoms with Crippen LogP contribution in [0.4, 0.5) is 0 Å². The van der Waals surface area contributed by atoms with Crippen molar-refractivity contribution in [1.29, 1.82) is 0 Å². The fourth-order valence-corrected chi connectivity index (χ4v) is 0. The normalized spacial score (nSPS) is 17.0. The number of nitrogens with two attached hydrogens (primary N) is 1. The van der Waals surface area contributed by atoms with E-state index in [-0.39, 0.29) is 0 Å². The third kappa shape index (κ3) is 2.74. The van der Waals surface area contributed by atoms with Crippen molar-refractivity contribution in [3.8, 4) is 0 Å². The molecule has 2 N–H and O–H groups in total. The second kappa shape index (κ2) is 1.75. The zero-order chi connectivity index (χ0) is 7.02. The molecule has 3 heteroatoms. The Balaban J connectivity index is 4.92. The van der Waals surface area contributed by atoms with Gasteiger partial charge in [-0.2, -0.15) is 0 Å². The zero-order valence-corrected chi connectivity index (χ0v) is 7.64. The molecule has 0 aliphatic heterocycles. The number of rotatable bonds is 0. The Morgan fingerprint density at radius 1 is 1.25 bits per heavy atom. The molecule has 0 unspecified atom stereocenters. The first-order valence-corrected chi connectivity index (χ1v) is 6.47. The van der Waals surface area contributed by atoms with Crippen LogP contribution < -0.4 is 5.73 Å². The van der Waals surface area contributed by atoms with Gasteiger partial charge in [0, 0.05) is 0 Å². The highest BCUT2D eigenvalue weighted by Crippen LogP contribution is 2.44. The van der Waals surface area contributed by atoms with Crippen molar-refractivity contribution in [2.75, 3.05) is 25.0 Å². The van der Waals surface area contributed by atoms with Gasteiger partial charge in [0.15, 0.2) is 0 Å². The lowest BCUT2D eigenvalue weighted by Gasteiger charge is -2.33. The van der Waals surface area contributed by atoms with Gasteiger partial charge >= 0.3 is 0 Å². The zero-order valence-electron chi connectivity index (χ0n) is 5.93. The van der Waals surface area contributed by atoms with Crippen LogP contribution in [0.2, 0.25) is 0 Å². The fourth-order valence-electron chi connectivity index (χ4n) is 0. The molecule has 0 aromatic heterocycles. The van der Waals surface area contributed by atoms with E-state index in [4.69, 9.17) is 5.73 Å². The van der Waals surface area contributed by atoms with Crippen molar-refractivity contribution in [2.24, 2.45) is 5.73 Å². The van der Waals surface area contributed by atoms with E-state index in [0.717, 1.165) is 4.32 Å². The number of hydrogen-bond donors (Lipinski definition) is 2. The molecule has 0 aromatic carbocycles. The van der Waals surface area contributed by atoms with Crippen LogP contribution >= 0.6 is 21.4 Å². The van der Waals surface area contributed by atoms with Crippen molar-refractivity contribution in [3.05, 3.63) is 0 Å². The van der Waals surface area contributed by atoms with Gasteiger partial charge in [-0.15, -0.1) is 12.6 Å². The molecule has 0 aromatic rings. The van der Waals surface area contributed by atoms with Gasteiger partial charge in [-0.3, -0.25) is 5.73 Å². The Morgan fingerprint density at radius 3 is 1.38 bits per heavy atom. The van der Waals surface area contributed by atoms with Crippen LogP contribution in [-0.4, -0.2) is 29.3 Å².